The van der Waals surface area contributed by atoms with Crippen molar-refractivity contribution in [1.29, 1.82) is 0 Å². The number of anilines is 1. The summed E-state index contributed by atoms with van der Waals surface area (Å²) in [7, 11) is 0. The van der Waals surface area contributed by atoms with Crippen molar-refractivity contribution in [2.45, 2.75) is 64.3 Å². The number of carbonyl (C=O) groups is 2. The normalized spacial score (nSPS) is 25.6. The van der Waals surface area contributed by atoms with Gasteiger partial charge in [-0.25, -0.2) is 15.0 Å². The van der Waals surface area contributed by atoms with Gasteiger partial charge >= 0.3 is 11.9 Å². The molecule has 2 aromatic rings. The first-order valence-electron chi connectivity index (χ1n) is 9.02. The van der Waals surface area contributed by atoms with Gasteiger partial charge in [0, 0.05) is 12.8 Å². The van der Waals surface area contributed by atoms with Gasteiger partial charge in [-0.1, -0.05) is 13.8 Å². The van der Waals surface area contributed by atoms with E-state index in [1.165, 1.54) is 24.1 Å². The number of carbonyl (C=O) groups excluding carboxylic acids is 2. The van der Waals surface area contributed by atoms with Crippen LogP contribution in [0, 0.1) is 0 Å². The molecule has 152 valence electrons. The van der Waals surface area contributed by atoms with E-state index in [1.807, 2.05) is 0 Å². The Morgan fingerprint density at radius 1 is 1.21 bits per heavy atom. The number of hydrogen-bond donors (Lipinski definition) is 2. The van der Waals surface area contributed by atoms with Crippen molar-refractivity contribution in [3.05, 3.63) is 12.7 Å². The van der Waals surface area contributed by atoms with Crippen molar-refractivity contribution >= 4 is 28.9 Å². The van der Waals surface area contributed by atoms with E-state index in [0.29, 0.717) is 11.2 Å². The zero-order valence-electron chi connectivity index (χ0n) is 15.8. The minimum atomic E-state index is -1.00. The highest BCUT2D eigenvalue weighted by Crippen LogP contribution is 2.37. The van der Waals surface area contributed by atoms with Gasteiger partial charge < -0.3 is 25.1 Å². The van der Waals surface area contributed by atoms with Crippen LogP contribution in [0.2, 0.25) is 0 Å². The maximum Gasteiger partial charge on any atom is 0.306 e. The molecule has 1 saturated heterocycles. The number of hydrogen-bond acceptors (Lipinski definition) is 10. The molecule has 1 aliphatic heterocycles. The number of nitrogens with two attached hydrogens (primary N) is 1. The van der Waals surface area contributed by atoms with Gasteiger partial charge in [-0.15, -0.1) is 0 Å². The van der Waals surface area contributed by atoms with Crippen LogP contribution < -0.4 is 5.73 Å². The summed E-state index contributed by atoms with van der Waals surface area (Å²) < 4.78 is 18.5. The third kappa shape index (κ3) is 3.62. The number of aromatic nitrogens is 4. The lowest BCUT2D eigenvalue weighted by Crippen LogP contribution is -2.42. The van der Waals surface area contributed by atoms with Crippen LogP contribution in [0.15, 0.2) is 12.7 Å². The van der Waals surface area contributed by atoms with Crippen molar-refractivity contribution in [3.8, 4) is 0 Å². The zero-order valence-corrected chi connectivity index (χ0v) is 15.8. The Labute approximate surface area is 160 Å². The first kappa shape index (κ1) is 20.0. The maximum atomic E-state index is 12.0. The number of esters is 2. The van der Waals surface area contributed by atoms with Crippen molar-refractivity contribution in [3.63, 3.8) is 0 Å². The minimum Gasteiger partial charge on any atom is -0.455 e. The number of rotatable bonds is 6. The van der Waals surface area contributed by atoms with Gasteiger partial charge in [-0.3, -0.25) is 14.2 Å². The fourth-order valence-corrected chi connectivity index (χ4v) is 3.06. The lowest BCUT2D eigenvalue weighted by atomic mass is 10.1. The molecule has 0 bridgehead atoms. The maximum absolute atomic E-state index is 12.0. The van der Waals surface area contributed by atoms with Crippen LogP contribution in [-0.4, -0.2) is 61.0 Å². The van der Waals surface area contributed by atoms with Gasteiger partial charge in [0.25, 0.3) is 0 Å². The second-order valence-electron chi connectivity index (χ2n) is 6.43. The van der Waals surface area contributed by atoms with E-state index in [4.69, 9.17) is 19.9 Å². The summed E-state index contributed by atoms with van der Waals surface area (Å²) in [4.78, 5) is 36.2. The molecule has 3 N–H and O–H groups in total. The highest BCUT2D eigenvalue weighted by molar-refractivity contribution is 5.81. The molecule has 0 aromatic carbocycles. The molecule has 0 spiro atoms. The Morgan fingerprint density at radius 2 is 1.86 bits per heavy atom. The SMILES string of the molecule is CCC(=O)O[C@H]1[C@@H](OC(=O)CC)[C@H](n2cnc3c(N)ncnc32)O[C@@H]1[C@H](C)O. The van der Waals surface area contributed by atoms with Gasteiger partial charge in [0.1, 0.15) is 17.9 Å². The predicted molar refractivity (Wildman–Crippen MR) is 95.7 cm³/mol. The molecule has 3 heterocycles. The standard InChI is InChI=1S/C17H23N5O6/c1-4-9(24)26-13-12(8(3)23)28-17(14(13)27-10(25)5-2)22-7-21-11-15(18)19-6-20-16(11)22/h6-8,12-14,17,23H,4-5H2,1-3H3,(H2,18,19,20)/t8-,12+,13+,14+,17+/m0/s1. The number of aliphatic hydroxyl groups is 1. The summed E-state index contributed by atoms with van der Waals surface area (Å²) in [6, 6.07) is 0. The fourth-order valence-electron chi connectivity index (χ4n) is 3.06. The monoisotopic (exact) mass is 393 g/mol. The molecule has 0 unspecified atom stereocenters. The van der Waals surface area contributed by atoms with E-state index in [1.54, 1.807) is 13.8 Å². The number of nitrogen functional groups attached to an aromatic ring is 1. The summed E-state index contributed by atoms with van der Waals surface area (Å²) in [5.74, 6) is -0.814. The molecule has 1 aliphatic rings. The van der Waals surface area contributed by atoms with Crippen molar-refractivity contribution < 1.29 is 28.9 Å². The lowest BCUT2D eigenvalue weighted by molar-refractivity contribution is -0.168. The van der Waals surface area contributed by atoms with E-state index < -0.39 is 42.6 Å². The highest BCUT2D eigenvalue weighted by Gasteiger charge is 2.52. The molecule has 2 aromatic heterocycles. The van der Waals surface area contributed by atoms with Crippen molar-refractivity contribution in [2.75, 3.05) is 5.73 Å². The second-order valence-corrected chi connectivity index (χ2v) is 6.43. The van der Waals surface area contributed by atoms with Gasteiger partial charge in [-0.05, 0) is 6.92 Å². The number of nitrogens with zero attached hydrogens (tertiary/aromatic N) is 4. The molecule has 28 heavy (non-hydrogen) atoms. The molecule has 11 heteroatoms. The number of fused-ring (bicyclic) bond motifs is 1. The average Bonchev–Trinajstić information content (AvgIpc) is 3.24. The van der Waals surface area contributed by atoms with Crippen LogP contribution in [0.4, 0.5) is 5.82 Å². The second kappa shape index (κ2) is 8.07. The van der Waals surface area contributed by atoms with E-state index in [0.717, 1.165) is 0 Å². The fraction of sp³-hybridized carbons (Fsp3) is 0.588. The zero-order chi connectivity index (χ0) is 20.4. The summed E-state index contributed by atoms with van der Waals surface area (Å²) >= 11 is 0. The van der Waals surface area contributed by atoms with E-state index in [9.17, 15) is 14.7 Å². The summed E-state index contributed by atoms with van der Waals surface area (Å²) in [6.07, 6.45) is -1.88. The van der Waals surface area contributed by atoms with E-state index in [-0.39, 0.29) is 18.7 Å². The number of imidazole rings is 1. The van der Waals surface area contributed by atoms with Crippen LogP contribution in [-0.2, 0) is 23.8 Å². The molecule has 1 fully saturated rings. The van der Waals surface area contributed by atoms with Crippen molar-refractivity contribution in [2.24, 2.45) is 0 Å². The summed E-state index contributed by atoms with van der Waals surface area (Å²) in [5, 5.41) is 10.2. The molecule has 0 radical (unpaired) electrons. The Morgan fingerprint density at radius 3 is 2.46 bits per heavy atom. The van der Waals surface area contributed by atoms with Gasteiger partial charge in [0.05, 0.1) is 12.4 Å². The summed E-state index contributed by atoms with van der Waals surface area (Å²) in [6.45, 7) is 4.79. The lowest BCUT2D eigenvalue weighted by Gasteiger charge is -2.25. The van der Waals surface area contributed by atoms with Gasteiger partial charge in [0.15, 0.2) is 29.9 Å². The Bertz CT molecular complexity index is 869. The third-order valence-corrected chi connectivity index (χ3v) is 4.47. The Hall–Kier alpha value is -2.79. The molecule has 3 rings (SSSR count). The van der Waals surface area contributed by atoms with Crippen LogP contribution in [0.1, 0.15) is 39.8 Å². The number of aliphatic hydroxyl groups excluding tert-OH is 1. The Balaban J connectivity index is 2.04. The Kier molecular flexibility index (Phi) is 5.75. The van der Waals surface area contributed by atoms with Gasteiger partial charge in [-0.2, -0.15) is 0 Å². The predicted octanol–water partition coefficient (Wildman–Crippen LogP) is 0.330. The van der Waals surface area contributed by atoms with E-state index >= 15 is 0 Å². The minimum absolute atomic E-state index is 0.122. The first-order chi connectivity index (χ1) is 13.4. The molecule has 11 nitrogen and oxygen atoms in total. The average molecular weight is 393 g/mol. The molecular formula is C17H23N5O6. The quantitative estimate of drug-likeness (QED) is 0.657. The molecule has 5 atom stereocenters. The smallest absolute Gasteiger partial charge is 0.306 e. The largest absolute Gasteiger partial charge is 0.455 e. The van der Waals surface area contributed by atoms with Crippen molar-refractivity contribution in [1.82, 2.24) is 19.5 Å². The molecular weight excluding hydrogens is 370 g/mol. The highest BCUT2D eigenvalue weighted by atomic mass is 16.6. The van der Waals surface area contributed by atoms with Crippen LogP contribution in [0.5, 0.6) is 0 Å². The first-order valence-corrected chi connectivity index (χ1v) is 9.02. The van der Waals surface area contributed by atoms with Crippen LogP contribution >= 0.6 is 0 Å². The summed E-state index contributed by atoms with van der Waals surface area (Å²) in [5.41, 5.74) is 6.55. The van der Waals surface area contributed by atoms with Crippen LogP contribution in [0.25, 0.3) is 11.2 Å². The van der Waals surface area contributed by atoms with Crippen LogP contribution in [0.3, 0.4) is 0 Å². The van der Waals surface area contributed by atoms with E-state index in [2.05, 4.69) is 15.0 Å². The van der Waals surface area contributed by atoms with Gasteiger partial charge in [0.2, 0.25) is 0 Å². The topological polar surface area (TPSA) is 152 Å². The third-order valence-electron chi connectivity index (χ3n) is 4.47. The number of ether oxygens (including phenoxy) is 3. The molecule has 0 amide bonds. The molecule has 0 aliphatic carbocycles. The molecule has 0 saturated carbocycles.